The van der Waals surface area contributed by atoms with Gasteiger partial charge in [0, 0.05) is 45.6 Å². The van der Waals surface area contributed by atoms with Gasteiger partial charge in [0.1, 0.15) is 23.3 Å². The number of alkyl halides is 3. The Hall–Kier alpha value is -3.36. The van der Waals surface area contributed by atoms with Crippen LogP contribution < -0.4 is 14.4 Å². The number of amides is 1. The summed E-state index contributed by atoms with van der Waals surface area (Å²) in [6.07, 6.45) is -1.30. The van der Waals surface area contributed by atoms with E-state index in [0.717, 1.165) is 13.0 Å². The summed E-state index contributed by atoms with van der Waals surface area (Å²) >= 11 is 5.70. The van der Waals surface area contributed by atoms with E-state index in [2.05, 4.69) is 19.9 Å². The molecule has 0 bridgehead atoms. The van der Waals surface area contributed by atoms with Gasteiger partial charge in [-0.15, -0.1) is 11.6 Å². The minimum absolute atomic E-state index is 0.0155. The van der Waals surface area contributed by atoms with Crippen molar-refractivity contribution in [2.75, 3.05) is 77.4 Å². The van der Waals surface area contributed by atoms with Crippen LogP contribution in [0.1, 0.15) is 31.5 Å². The Morgan fingerprint density at radius 2 is 1.83 bits per heavy atom. The Labute approximate surface area is 247 Å². The normalized spacial score (nSPS) is 16.5. The van der Waals surface area contributed by atoms with E-state index in [4.69, 9.17) is 25.8 Å². The van der Waals surface area contributed by atoms with Gasteiger partial charge in [0.2, 0.25) is 17.8 Å². The van der Waals surface area contributed by atoms with Gasteiger partial charge in [-0.3, -0.25) is 9.36 Å². The number of carbonyl (C=O) groups excluding carboxylic acids is 1. The van der Waals surface area contributed by atoms with Crippen LogP contribution in [-0.2, 0) is 9.53 Å². The lowest BCUT2D eigenvalue weighted by Crippen LogP contribution is -2.42. The standard InChI is InChI=1S/C27H35ClF2N8O4/c1-35(2)9-4-14-41-20-6-3-5-19-22(20)31-24(23(29)30)38(19)26-32-25(37-12-15-40-16-13-37)33-27(34-26)42-18-7-10-36(11-8-18)21(39)17-28/h3,5-6,18,23H,4,7-17H2,1-2H3. The quantitative estimate of drug-likeness (QED) is 0.238. The van der Waals surface area contributed by atoms with Crippen molar-refractivity contribution in [1.29, 1.82) is 0 Å². The fraction of sp³-hybridized carbons (Fsp3) is 0.593. The molecule has 0 spiro atoms. The number of morpholine rings is 1. The van der Waals surface area contributed by atoms with Crippen LogP contribution in [0.4, 0.5) is 14.7 Å². The molecule has 2 aliphatic heterocycles. The average Bonchev–Trinajstić information content (AvgIpc) is 3.40. The van der Waals surface area contributed by atoms with Crippen LogP contribution in [0.2, 0.25) is 0 Å². The van der Waals surface area contributed by atoms with Crippen molar-refractivity contribution in [2.24, 2.45) is 0 Å². The number of benzene rings is 1. The maximum absolute atomic E-state index is 14.4. The minimum Gasteiger partial charge on any atom is -0.491 e. The number of imidazole rings is 1. The number of ether oxygens (including phenoxy) is 3. The van der Waals surface area contributed by atoms with Gasteiger partial charge >= 0.3 is 6.01 Å². The van der Waals surface area contributed by atoms with Crippen molar-refractivity contribution >= 4 is 34.5 Å². The van der Waals surface area contributed by atoms with Crippen LogP contribution in [0, 0.1) is 0 Å². The largest absolute Gasteiger partial charge is 0.491 e. The van der Waals surface area contributed by atoms with Gasteiger partial charge in [0.15, 0.2) is 5.82 Å². The number of hydrogen-bond acceptors (Lipinski definition) is 10. The molecule has 5 rings (SSSR count). The number of piperidine rings is 1. The van der Waals surface area contributed by atoms with Gasteiger partial charge in [-0.2, -0.15) is 15.0 Å². The average molecular weight is 609 g/mol. The number of anilines is 1. The highest BCUT2D eigenvalue weighted by molar-refractivity contribution is 6.27. The molecule has 2 aromatic heterocycles. The molecule has 2 fully saturated rings. The predicted molar refractivity (Wildman–Crippen MR) is 152 cm³/mol. The monoisotopic (exact) mass is 608 g/mol. The summed E-state index contributed by atoms with van der Waals surface area (Å²) < 4.78 is 47.7. The SMILES string of the molecule is CN(C)CCCOc1cccc2c1nc(C(F)F)n2-c1nc(OC2CCN(C(=O)CCl)CC2)nc(N2CCOCC2)n1. The number of likely N-dealkylation sites (tertiary alicyclic amines) is 1. The second-order valence-corrected chi connectivity index (χ2v) is 10.7. The first-order valence-corrected chi connectivity index (χ1v) is 14.5. The minimum atomic E-state index is -2.91. The number of hydrogen-bond donors (Lipinski definition) is 0. The van der Waals surface area contributed by atoms with Crippen molar-refractivity contribution in [3.05, 3.63) is 24.0 Å². The molecule has 0 radical (unpaired) electrons. The third kappa shape index (κ3) is 6.98. The van der Waals surface area contributed by atoms with Crippen LogP contribution in [0.25, 0.3) is 17.0 Å². The van der Waals surface area contributed by atoms with Crippen LogP contribution in [0.5, 0.6) is 11.8 Å². The van der Waals surface area contributed by atoms with Gasteiger partial charge in [-0.05, 0) is 32.6 Å². The molecule has 1 amide bonds. The van der Waals surface area contributed by atoms with Crippen molar-refractivity contribution in [2.45, 2.75) is 31.8 Å². The van der Waals surface area contributed by atoms with E-state index in [1.54, 1.807) is 23.1 Å². The Morgan fingerprint density at radius 3 is 2.52 bits per heavy atom. The van der Waals surface area contributed by atoms with E-state index in [1.807, 2.05) is 23.9 Å². The maximum atomic E-state index is 14.4. The van der Waals surface area contributed by atoms with Crippen molar-refractivity contribution in [1.82, 2.24) is 34.3 Å². The van der Waals surface area contributed by atoms with Crippen LogP contribution >= 0.6 is 11.6 Å². The first-order chi connectivity index (χ1) is 20.3. The zero-order chi connectivity index (χ0) is 29.6. The predicted octanol–water partition coefficient (Wildman–Crippen LogP) is 2.92. The fourth-order valence-corrected chi connectivity index (χ4v) is 5.15. The van der Waals surface area contributed by atoms with Crippen molar-refractivity contribution in [3.8, 4) is 17.7 Å². The zero-order valence-electron chi connectivity index (χ0n) is 23.7. The Bertz CT molecular complexity index is 1360. The van der Waals surface area contributed by atoms with Gasteiger partial charge < -0.3 is 28.9 Å². The van der Waals surface area contributed by atoms with E-state index in [9.17, 15) is 13.6 Å². The number of carbonyl (C=O) groups is 1. The molecule has 0 N–H and O–H groups in total. The smallest absolute Gasteiger partial charge is 0.323 e. The zero-order valence-corrected chi connectivity index (χ0v) is 24.5. The molecule has 3 aromatic rings. The molecule has 4 heterocycles. The number of rotatable bonds is 11. The van der Waals surface area contributed by atoms with Gasteiger partial charge in [0.25, 0.3) is 6.43 Å². The summed E-state index contributed by atoms with van der Waals surface area (Å²) in [5.74, 6) is -0.0273. The van der Waals surface area contributed by atoms with E-state index in [0.29, 0.717) is 81.6 Å². The molecule has 0 aliphatic carbocycles. The number of fused-ring (bicyclic) bond motifs is 1. The first kappa shape index (κ1) is 30.1. The Kier molecular flexibility index (Phi) is 9.85. The molecule has 1 aromatic carbocycles. The number of halogens is 3. The first-order valence-electron chi connectivity index (χ1n) is 14.0. The highest BCUT2D eigenvalue weighted by Gasteiger charge is 2.28. The Balaban J connectivity index is 1.49. The summed E-state index contributed by atoms with van der Waals surface area (Å²) in [5.41, 5.74) is 0.679. The molecule has 0 unspecified atom stereocenters. The fourth-order valence-electron chi connectivity index (χ4n) is 4.98. The molecule has 12 nitrogen and oxygen atoms in total. The number of aromatic nitrogens is 5. The van der Waals surface area contributed by atoms with E-state index >= 15 is 0 Å². The molecule has 2 aliphatic rings. The van der Waals surface area contributed by atoms with E-state index < -0.39 is 12.2 Å². The summed E-state index contributed by atoms with van der Waals surface area (Å²) in [4.78, 5) is 35.5. The van der Waals surface area contributed by atoms with Crippen molar-refractivity contribution < 1.29 is 27.8 Å². The summed E-state index contributed by atoms with van der Waals surface area (Å²) in [6, 6.07) is 5.15. The molecule has 228 valence electrons. The van der Waals surface area contributed by atoms with Crippen molar-refractivity contribution in [3.63, 3.8) is 0 Å². The van der Waals surface area contributed by atoms with Crippen LogP contribution in [0.15, 0.2) is 18.2 Å². The molecular weight excluding hydrogens is 574 g/mol. The van der Waals surface area contributed by atoms with E-state index in [-0.39, 0.29) is 29.8 Å². The second-order valence-electron chi connectivity index (χ2n) is 10.4. The summed E-state index contributed by atoms with van der Waals surface area (Å²) in [6.45, 7) is 4.23. The molecule has 42 heavy (non-hydrogen) atoms. The van der Waals surface area contributed by atoms with Crippen LogP contribution in [-0.4, -0.2) is 119 Å². The number of nitrogens with zero attached hydrogens (tertiary/aromatic N) is 8. The molecule has 2 saturated heterocycles. The maximum Gasteiger partial charge on any atom is 0.323 e. The molecule has 15 heteroatoms. The second kappa shape index (κ2) is 13.7. The molecule has 0 saturated carbocycles. The highest BCUT2D eigenvalue weighted by atomic mass is 35.5. The van der Waals surface area contributed by atoms with Gasteiger partial charge in [-0.25, -0.2) is 13.8 Å². The van der Waals surface area contributed by atoms with Crippen LogP contribution in [0.3, 0.4) is 0 Å². The van der Waals surface area contributed by atoms with Gasteiger partial charge in [-0.1, -0.05) is 6.07 Å². The van der Waals surface area contributed by atoms with Gasteiger partial charge in [0.05, 0.1) is 25.3 Å². The highest BCUT2D eigenvalue weighted by Crippen LogP contribution is 2.33. The third-order valence-corrected chi connectivity index (χ3v) is 7.37. The summed E-state index contributed by atoms with van der Waals surface area (Å²) in [7, 11) is 3.95. The molecule has 0 atom stereocenters. The third-order valence-electron chi connectivity index (χ3n) is 7.14. The Morgan fingerprint density at radius 1 is 1.10 bits per heavy atom. The summed E-state index contributed by atoms with van der Waals surface area (Å²) in [5, 5.41) is 0. The molecular formula is C27H35ClF2N8O4. The van der Waals surface area contributed by atoms with E-state index in [1.165, 1.54) is 4.57 Å². The topological polar surface area (TPSA) is 111 Å². The lowest BCUT2D eigenvalue weighted by atomic mass is 10.1. The lowest BCUT2D eigenvalue weighted by Gasteiger charge is -2.31. The lowest BCUT2D eigenvalue weighted by molar-refractivity contribution is -0.130. The number of para-hydroxylation sites is 1.